The molecule has 5 heteroatoms. The first-order valence-corrected chi connectivity index (χ1v) is 6.25. The van der Waals surface area contributed by atoms with Crippen LogP contribution in [0.4, 0.5) is 0 Å². The molecule has 1 aromatic carbocycles. The summed E-state index contributed by atoms with van der Waals surface area (Å²) in [5, 5.41) is 12.3. The van der Waals surface area contributed by atoms with Gasteiger partial charge < -0.3 is 9.73 Å². The van der Waals surface area contributed by atoms with E-state index in [0.717, 1.165) is 23.0 Å². The monoisotopic (exact) mass is 254 g/mol. The summed E-state index contributed by atoms with van der Waals surface area (Å²) in [5.41, 5.74) is 1.84. The highest BCUT2D eigenvalue weighted by molar-refractivity contribution is 5.91. The van der Waals surface area contributed by atoms with Crippen molar-refractivity contribution in [1.29, 1.82) is 0 Å². The summed E-state index contributed by atoms with van der Waals surface area (Å²) in [6.07, 6.45) is 1.76. The van der Waals surface area contributed by atoms with E-state index in [1.807, 2.05) is 37.3 Å². The SMILES string of the molecule is CCNCc1nnc(-c2ccnc3ccccc23)o1. The fourth-order valence-corrected chi connectivity index (χ4v) is 1.95. The number of para-hydroxylation sites is 1. The summed E-state index contributed by atoms with van der Waals surface area (Å²) < 4.78 is 5.67. The van der Waals surface area contributed by atoms with Crippen LogP contribution in [0, 0.1) is 0 Å². The molecule has 0 bridgehead atoms. The first kappa shape index (κ1) is 11.8. The molecule has 0 amide bonds. The van der Waals surface area contributed by atoms with E-state index in [-0.39, 0.29) is 0 Å². The predicted octanol–water partition coefficient (Wildman–Crippen LogP) is 2.39. The van der Waals surface area contributed by atoms with E-state index in [9.17, 15) is 0 Å². The van der Waals surface area contributed by atoms with E-state index in [1.165, 1.54) is 0 Å². The minimum atomic E-state index is 0.534. The van der Waals surface area contributed by atoms with Gasteiger partial charge in [-0.25, -0.2) is 0 Å². The molecule has 0 aliphatic carbocycles. The average Bonchev–Trinajstić information content (AvgIpc) is 2.93. The second-order valence-electron chi connectivity index (χ2n) is 4.16. The average molecular weight is 254 g/mol. The van der Waals surface area contributed by atoms with Gasteiger partial charge in [0.05, 0.1) is 12.1 Å². The minimum absolute atomic E-state index is 0.534. The molecule has 2 heterocycles. The Labute approximate surface area is 110 Å². The number of aromatic nitrogens is 3. The van der Waals surface area contributed by atoms with Gasteiger partial charge in [-0.2, -0.15) is 0 Å². The van der Waals surface area contributed by atoms with Gasteiger partial charge >= 0.3 is 0 Å². The maximum Gasteiger partial charge on any atom is 0.248 e. The number of hydrogen-bond acceptors (Lipinski definition) is 5. The Balaban J connectivity index is 2.02. The number of hydrogen-bond donors (Lipinski definition) is 1. The molecular weight excluding hydrogens is 240 g/mol. The smallest absolute Gasteiger partial charge is 0.248 e. The lowest BCUT2D eigenvalue weighted by molar-refractivity contribution is 0.482. The summed E-state index contributed by atoms with van der Waals surface area (Å²) in [7, 11) is 0. The largest absolute Gasteiger partial charge is 0.419 e. The van der Waals surface area contributed by atoms with Crippen molar-refractivity contribution in [3.05, 3.63) is 42.4 Å². The van der Waals surface area contributed by atoms with Crippen molar-refractivity contribution in [2.45, 2.75) is 13.5 Å². The molecule has 19 heavy (non-hydrogen) atoms. The molecule has 0 unspecified atom stereocenters. The molecule has 0 radical (unpaired) electrons. The van der Waals surface area contributed by atoms with Crippen molar-refractivity contribution in [2.75, 3.05) is 6.54 Å². The molecule has 1 N–H and O–H groups in total. The van der Waals surface area contributed by atoms with Gasteiger partial charge in [0.25, 0.3) is 0 Å². The van der Waals surface area contributed by atoms with Crippen molar-refractivity contribution in [3.8, 4) is 11.5 Å². The van der Waals surface area contributed by atoms with Gasteiger partial charge in [0, 0.05) is 17.1 Å². The van der Waals surface area contributed by atoms with Crippen LogP contribution in [0.2, 0.25) is 0 Å². The Bertz CT molecular complexity index is 687. The van der Waals surface area contributed by atoms with Crippen molar-refractivity contribution >= 4 is 10.9 Å². The predicted molar refractivity (Wildman–Crippen MR) is 72.4 cm³/mol. The summed E-state index contributed by atoms with van der Waals surface area (Å²) in [6, 6.07) is 9.81. The third-order valence-corrected chi connectivity index (χ3v) is 2.87. The van der Waals surface area contributed by atoms with Crippen LogP contribution in [0.5, 0.6) is 0 Å². The molecule has 96 valence electrons. The zero-order valence-corrected chi connectivity index (χ0v) is 10.6. The lowest BCUT2D eigenvalue weighted by atomic mass is 10.1. The van der Waals surface area contributed by atoms with E-state index in [4.69, 9.17) is 4.42 Å². The Kier molecular flexibility index (Phi) is 3.20. The van der Waals surface area contributed by atoms with E-state index >= 15 is 0 Å². The topological polar surface area (TPSA) is 63.8 Å². The Hall–Kier alpha value is -2.27. The third-order valence-electron chi connectivity index (χ3n) is 2.87. The number of rotatable bonds is 4. The zero-order chi connectivity index (χ0) is 13.1. The van der Waals surface area contributed by atoms with Gasteiger partial charge in [-0.1, -0.05) is 25.1 Å². The van der Waals surface area contributed by atoms with Crippen molar-refractivity contribution in [3.63, 3.8) is 0 Å². The highest BCUT2D eigenvalue weighted by Crippen LogP contribution is 2.25. The fourth-order valence-electron chi connectivity index (χ4n) is 1.95. The molecule has 5 nitrogen and oxygen atoms in total. The zero-order valence-electron chi connectivity index (χ0n) is 10.6. The van der Waals surface area contributed by atoms with Crippen LogP contribution in [-0.2, 0) is 6.54 Å². The van der Waals surface area contributed by atoms with E-state index in [1.54, 1.807) is 6.20 Å². The van der Waals surface area contributed by atoms with Crippen molar-refractivity contribution in [1.82, 2.24) is 20.5 Å². The second kappa shape index (κ2) is 5.16. The van der Waals surface area contributed by atoms with Gasteiger partial charge in [0.15, 0.2) is 0 Å². The maximum atomic E-state index is 5.67. The highest BCUT2D eigenvalue weighted by Gasteiger charge is 2.11. The van der Waals surface area contributed by atoms with Crippen LogP contribution < -0.4 is 5.32 Å². The first-order chi connectivity index (χ1) is 9.38. The van der Waals surface area contributed by atoms with Crippen LogP contribution in [-0.4, -0.2) is 21.7 Å². The normalized spacial score (nSPS) is 11.0. The van der Waals surface area contributed by atoms with Crippen LogP contribution >= 0.6 is 0 Å². The van der Waals surface area contributed by atoms with Crippen LogP contribution in [0.3, 0.4) is 0 Å². The number of nitrogens with one attached hydrogen (secondary N) is 1. The van der Waals surface area contributed by atoms with Crippen LogP contribution in [0.1, 0.15) is 12.8 Å². The van der Waals surface area contributed by atoms with Gasteiger partial charge in [-0.05, 0) is 18.7 Å². The molecule has 0 atom stereocenters. The molecule has 3 rings (SSSR count). The summed E-state index contributed by atoms with van der Waals surface area (Å²) in [4.78, 5) is 4.32. The lowest BCUT2D eigenvalue weighted by Crippen LogP contribution is -2.11. The molecule has 0 saturated carbocycles. The number of benzene rings is 1. The van der Waals surface area contributed by atoms with Gasteiger partial charge in [0.1, 0.15) is 0 Å². The summed E-state index contributed by atoms with van der Waals surface area (Å²) >= 11 is 0. The molecule has 3 aromatic rings. The number of nitrogens with zero attached hydrogens (tertiary/aromatic N) is 3. The van der Waals surface area contributed by atoms with E-state index in [0.29, 0.717) is 18.3 Å². The maximum absolute atomic E-state index is 5.67. The minimum Gasteiger partial charge on any atom is -0.419 e. The number of fused-ring (bicyclic) bond motifs is 1. The molecule has 0 fully saturated rings. The van der Waals surface area contributed by atoms with Crippen LogP contribution in [0.15, 0.2) is 40.9 Å². The van der Waals surface area contributed by atoms with Gasteiger partial charge in [-0.15, -0.1) is 10.2 Å². The Morgan fingerprint density at radius 1 is 1.16 bits per heavy atom. The fraction of sp³-hybridized carbons (Fsp3) is 0.214. The molecule has 2 aromatic heterocycles. The van der Waals surface area contributed by atoms with Crippen LogP contribution in [0.25, 0.3) is 22.4 Å². The Morgan fingerprint density at radius 3 is 2.95 bits per heavy atom. The Morgan fingerprint density at radius 2 is 2.05 bits per heavy atom. The van der Waals surface area contributed by atoms with E-state index in [2.05, 4.69) is 20.5 Å². The summed E-state index contributed by atoms with van der Waals surface area (Å²) in [6.45, 7) is 3.50. The molecule has 0 aliphatic rings. The summed E-state index contributed by atoms with van der Waals surface area (Å²) in [5.74, 6) is 1.13. The van der Waals surface area contributed by atoms with Gasteiger partial charge in [0.2, 0.25) is 11.8 Å². The molecule has 0 aliphatic heterocycles. The first-order valence-electron chi connectivity index (χ1n) is 6.25. The quantitative estimate of drug-likeness (QED) is 0.774. The third kappa shape index (κ3) is 2.32. The molecular formula is C14H14N4O. The van der Waals surface area contributed by atoms with Crippen molar-refractivity contribution in [2.24, 2.45) is 0 Å². The molecule has 0 saturated heterocycles. The second-order valence-corrected chi connectivity index (χ2v) is 4.16. The van der Waals surface area contributed by atoms with Gasteiger partial charge in [-0.3, -0.25) is 4.98 Å². The van der Waals surface area contributed by atoms with E-state index < -0.39 is 0 Å². The molecule has 0 spiro atoms. The van der Waals surface area contributed by atoms with Crippen molar-refractivity contribution < 1.29 is 4.42 Å². The standard InChI is InChI=1S/C14H14N4O/c1-2-15-9-13-17-18-14(19-13)11-7-8-16-12-6-4-3-5-10(11)12/h3-8,15H,2,9H2,1H3. The number of pyridine rings is 1. The lowest BCUT2D eigenvalue weighted by Gasteiger charge is -2.01. The highest BCUT2D eigenvalue weighted by atomic mass is 16.4.